The molecule has 1 heterocycles. The number of rotatable bonds is 4. The highest BCUT2D eigenvalue weighted by Crippen LogP contribution is 2.37. The van der Waals surface area contributed by atoms with Gasteiger partial charge in [-0.2, -0.15) is 0 Å². The maximum Gasteiger partial charge on any atom is 0.0549 e. The summed E-state index contributed by atoms with van der Waals surface area (Å²) in [5.74, 6) is 0. The van der Waals surface area contributed by atoms with Crippen LogP contribution in [0.3, 0.4) is 0 Å². The van der Waals surface area contributed by atoms with Crippen LogP contribution in [0.1, 0.15) is 46.5 Å². The zero-order valence-corrected chi connectivity index (χ0v) is 11.8. The molecule has 0 aliphatic heterocycles. The average Bonchev–Trinajstić information content (AvgIpc) is 2.33. The monoisotopic (exact) mass is 247 g/mol. The number of pyridine rings is 1. The zero-order valence-electron chi connectivity index (χ0n) is 11.8. The Morgan fingerprint density at radius 2 is 2.06 bits per heavy atom. The first-order valence-corrected chi connectivity index (χ1v) is 7.07. The molecule has 2 N–H and O–H groups in total. The summed E-state index contributed by atoms with van der Waals surface area (Å²) in [6.07, 6.45) is 9.07. The molecule has 0 bridgehead atoms. The van der Waals surface area contributed by atoms with E-state index in [-0.39, 0.29) is 0 Å². The minimum absolute atomic E-state index is 0.381. The summed E-state index contributed by atoms with van der Waals surface area (Å²) in [6.45, 7) is 7.77. The van der Waals surface area contributed by atoms with E-state index in [1.165, 1.54) is 25.7 Å². The molecule has 3 nitrogen and oxygen atoms in total. The standard InChI is InChI=1S/C15H25N3/c1-4-17-12-9-13(11-16-10-12)18-14-7-5-6-8-15(14,2)3/h9-11,14,17-18H,4-8H2,1-3H3. The quantitative estimate of drug-likeness (QED) is 0.847. The van der Waals surface area contributed by atoms with Crippen molar-refractivity contribution in [2.24, 2.45) is 5.41 Å². The lowest BCUT2D eigenvalue weighted by Crippen LogP contribution is -2.38. The molecule has 0 spiro atoms. The molecule has 0 radical (unpaired) electrons. The van der Waals surface area contributed by atoms with E-state index in [1.54, 1.807) is 0 Å². The number of nitrogens with one attached hydrogen (secondary N) is 2. The molecule has 0 aromatic carbocycles. The van der Waals surface area contributed by atoms with Crippen molar-refractivity contribution in [3.63, 3.8) is 0 Å². The Balaban J connectivity index is 2.06. The predicted octanol–water partition coefficient (Wildman–Crippen LogP) is 3.89. The first-order valence-electron chi connectivity index (χ1n) is 7.07. The third-order valence-electron chi connectivity index (χ3n) is 3.97. The summed E-state index contributed by atoms with van der Waals surface area (Å²) in [4.78, 5) is 4.29. The van der Waals surface area contributed by atoms with E-state index in [2.05, 4.69) is 42.5 Å². The molecular weight excluding hydrogens is 222 g/mol. The van der Waals surface area contributed by atoms with Crippen LogP contribution >= 0.6 is 0 Å². The van der Waals surface area contributed by atoms with Gasteiger partial charge in [-0.05, 0) is 31.2 Å². The Kier molecular flexibility index (Phi) is 4.10. The highest BCUT2D eigenvalue weighted by atomic mass is 15.0. The van der Waals surface area contributed by atoms with Crippen molar-refractivity contribution >= 4 is 11.4 Å². The van der Waals surface area contributed by atoms with Crippen LogP contribution in [0.15, 0.2) is 18.5 Å². The SMILES string of the molecule is CCNc1cncc(NC2CCCCC2(C)C)c1. The fraction of sp³-hybridized carbons (Fsp3) is 0.667. The highest BCUT2D eigenvalue weighted by molar-refractivity contribution is 5.54. The van der Waals surface area contributed by atoms with E-state index in [1.807, 2.05) is 12.4 Å². The predicted molar refractivity (Wildman–Crippen MR) is 78.1 cm³/mol. The topological polar surface area (TPSA) is 37.0 Å². The Morgan fingerprint density at radius 3 is 2.78 bits per heavy atom. The summed E-state index contributed by atoms with van der Waals surface area (Å²) < 4.78 is 0. The third kappa shape index (κ3) is 3.15. The average molecular weight is 247 g/mol. The van der Waals surface area contributed by atoms with Crippen LogP contribution in [0.2, 0.25) is 0 Å². The molecule has 100 valence electrons. The van der Waals surface area contributed by atoms with Gasteiger partial charge in [0, 0.05) is 12.6 Å². The van der Waals surface area contributed by atoms with Gasteiger partial charge in [-0.3, -0.25) is 4.98 Å². The number of anilines is 2. The fourth-order valence-electron chi connectivity index (χ4n) is 2.78. The van der Waals surface area contributed by atoms with Crippen LogP contribution in [0, 0.1) is 5.41 Å². The molecule has 1 aliphatic carbocycles. The Bertz CT molecular complexity index is 387. The van der Waals surface area contributed by atoms with Crippen LogP contribution in [0.5, 0.6) is 0 Å². The molecule has 2 rings (SSSR count). The maximum absolute atomic E-state index is 4.29. The van der Waals surface area contributed by atoms with Crippen molar-refractivity contribution < 1.29 is 0 Å². The molecule has 1 unspecified atom stereocenters. The van der Waals surface area contributed by atoms with Gasteiger partial charge >= 0.3 is 0 Å². The fourth-order valence-corrected chi connectivity index (χ4v) is 2.78. The van der Waals surface area contributed by atoms with Gasteiger partial charge in [-0.25, -0.2) is 0 Å². The number of nitrogens with zero attached hydrogens (tertiary/aromatic N) is 1. The van der Waals surface area contributed by atoms with Crippen molar-refractivity contribution in [3.8, 4) is 0 Å². The van der Waals surface area contributed by atoms with Crippen LogP contribution in [0.4, 0.5) is 11.4 Å². The molecule has 1 aromatic heterocycles. The maximum atomic E-state index is 4.29. The van der Waals surface area contributed by atoms with E-state index < -0.39 is 0 Å². The normalized spacial score (nSPS) is 22.5. The lowest BCUT2D eigenvalue weighted by Gasteiger charge is -2.39. The van der Waals surface area contributed by atoms with Gasteiger partial charge in [0.15, 0.2) is 0 Å². The summed E-state index contributed by atoms with van der Waals surface area (Å²) >= 11 is 0. The number of hydrogen-bond donors (Lipinski definition) is 2. The molecule has 0 saturated heterocycles. The van der Waals surface area contributed by atoms with Gasteiger partial charge in [0.25, 0.3) is 0 Å². The van der Waals surface area contributed by atoms with Gasteiger partial charge in [0.05, 0.1) is 23.8 Å². The zero-order chi connectivity index (χ0) is 13.0. The van der Waals surface area contributed by atoms with Crippen LogP contribution in [0.25, 0.3) is 0 Å². The van der Waals surface area contributed by atoms with Crippen molar-refractivity contribution in [3.05, 3.63) is 18.5 Å². The summed E-state index contributed by atoms with van der Waals surface area (Å²) in [5.41, 5.74) is 2.61. The molecular formula is C15H25N3. The lowest BCUT2D eigenvalue weighted by atomic mass is 9.73. The largest absolute Gasteiger partial charge is 0.384 e. The molecule has 1 aromatic rings. The molecule has 1 atom stereocenters. The van der Waals surface area contributed by atoms with Gasteiger partial charge < -0.3 is 10.6 Å². The molecule has 18 heavy (non-hydrogen) atoms. The first-order chi connectivity index (χ1) is 8.62. The first kappa shape index (κ1) is 13.2. The molecule has 1 aliphatic rings. The van der Waals surface area contributed by atoms with Crippen molar-refractivity contribution in [1.82, 2.24) is 4.98 Å². The molecule has 1 fully saturated rings. The van der Waals surface area contributed by atoms with E-state index >= 15 is 0 Å². The van der Waals surface area contributed by atoms with Crippen molar-refractivity contribution in [1.29, 1.82) is 0 Å². The summed E-state index contributed by atoms with van der Waals surface area (Å²) in [7, 11) is 0. The summed E-state index contributed by atoms with van der Waals surface area (Å²) in [5, 5.41) is 6.97. The Morgan fingerprint density at radius 1 is 1.28 bits per heavy atom. The minimum atomic E-state index is 0.381. The van der Waals surface area contributed by atoms with Crippen molar-refractivity contribution in [2.75, 3.05) is 17.2 Å². The van der Waals surface area contributed by atoms with E-state index in [0.717, 1.165) is 17.9 Å². The second-order valence-electron chi connectivity index (χ2n) is 5.92. The number of aromatic nitrogens is 1. The van der Waals surface area contributed by atoms with Crippen LogP contribution in [-0.4, -0.2) is 17.6 Å². The van der Waals surface area contributed by atoms with E-state index in [0.29, 0.717) is 11.5 Å². The van der Waals surface area contributed by atoms with Crippen LogP contribution < -0.4 is 10.6 Å². The van der Waals surface area contributed by atoms with Gasteiger partial charge in [-0.1, -0.05) is 26.7 Å². The Labute approximate surface area is 110 Å². The van der Waals surface area contributed by atoms with Crippen molar-refractivity contribution in [2.45, 2.75) is 52.5 Å². The minimum Gasteiger partial charge on any atom is -0.384 e. The van der Waals surface area contributed by atoms with E-state index in [9.17, 15) is 0 Å². The smallest absolute Gasteiger partial charge is 0.0549 e. The van der Waals surface area contributed by atoms with Gasteiger partial charge in [-0.15, -0.1) is 0 Å². The second kappa shape index (κ2) is 5.59. The summed E-state index contributed by atoms with van der Waals surface area (Å²) in [6, 6.07) is 2.71. The lowest BCUT2D eigenvalue weighted by molar-refractivity contribution is 0.217. The second-order valence-corrected chi connectivity index (χ2v) is 5.92. The molecule has 0 amide bonds. The van der Waals surface area contributed by atoms with Gasteiger partial charge in [0.2, 0.25) is 0 Å². The van der Waals surface area contributed by atoms with Gasteiger partial charge in [0.1, 0.15) is 0 Å². The molecule has 3 heteroatoms. The third-order valence-corrected chi connectivity index (χ3v) is 3.97. The highest BCUT2D eigenvalue weighted by Gasteiger charge is 2.31. The number of hydrogen-bond acceptors (Lipinski definition) is 3. The van der Waals surface area contributed by atoms with Crippen LogP contribution in [-0.2, 0) is 0 Å². The van der Waals surface area contributed by atoms with E-state index in [4.69, 9.17) is 0 Å². The molecule has 1 saturated carbocycles. The Hall–Kier alpha value is -1.25.